The van der Waals surface area contributed by atoms with Gasteiger partial charge in [-0.1, -0.05) is 30.3 Å². The van der Waals surface area contributed by atoms with Crippen LogP contribution in [0.15, 0.2) is 79.3 Å². The predicted octanol–water partition coefficient (Wildman–Crippen LogP) is 5.72. The van der Waals surface area contributed by atoms with Crippen molar-refractivity contribution in [1.29, 1.82) is 5.41 Å². The van der Waals surface area contributed by atoms with Crippen LogP contribution in [-0.2, 0) is 0 Å². The zero-order valence-corrected chi connectivity index (χ0v) is 17.3. The first-order valence-electron chi connectivity index (χ1n) is 10.1. The van der Waals surface area contributed by atoms with Crippen LogP contribution in [0.25, 0.3) is 33.4 Å². The van der Waals surface area contributed by atoms with Crippen molar-refractivity contribution in [3.8, 4) is 22.4 Å². The minimum absolute atomic E-state index is 0.377. The molecule has 0 spiro atoms. The lowest BCUT2D eigenvalue weighted by Gasteiger charge is -2.13. The third-order valence-corrected chi connectivity index (χ3v) is 5.60. The molecular weight excluding hydrogens is 382 g/mol. The summed E-state index contributed by atoms with van der Waals surface area (Å²) in [6, 6.07) is 19.9. The Labute approximate surface area is 180 Å². The maximum absolute atomic E-state index is 8.81. The van der Waals surface area contributed by atoms with E-state index in [0.29, 0.717) is 11.5 Å². The van der Waals surface area contributed by atoms with Crippen molar-refractivity contribution in [3.05, 3.63) is 102 Å². The molecule has 150 valence electrons. The number of hydrogen-bond donors (Lipinski definition) is 2. The van der Waals surface area contributed by atoms with E-state index in [2.05, 4.69) is 45.1 Å². The molecule has 5 rings (SSSR count). The second-order valence-electron chi connectivity index (χ2n) is 7.58. The van der Waals surface area contributed by atoms with Gasteiger partial charge in [-0.15, -0.1) is 0 Å². The van der Waals surface area contributed by atoms with Gasteiger partial charge in [-0.2, -0.15) is 0 Å². The highest BCUT2D eigenvalue weighted by molar-refractivity contribution is 6.11. The van der Waals surface area contributed by atoms with E-state index in [-0.39, 0.29) is 0 Å². The number of para-hydroxylation sites is 2. The second kappa shape index (κ2) is 7.61. The van der Waals surface area contributed by atoms with Crippen LogP contribution >= 0.6 is 0 Å². The molecule has 0 atom stereocenters. The zero-order valence-electron chi connectivity index (χ0n) is 17.3. The summed E-state index contributed by atoms with van der Waals surface area (Å²) in [7, 11) is 0. The lowest BCUT2D eigenvalue weighted by atomic mass is 9.93. The number of rotatable bonds is 4. The van der Waals surface area contributed by atoms with Crippen molar-refractivity contribution in [3.63, 3.8) is 0 Å². The normalized spacial score (nSPS) is 11.0. The monoisotopic (exact) mass is 403 g/mol. The summed E-state index contributed by atoms with van der Waals surface area (Å²) >= 11 is 0. The average Bonchev–Trinajstić information content (AvgIpc) is 3.24. The molecule has 5 nitrogen and oxygen atoms in total. The average molecular weight is 403 g/mol. The van der Waals surface area contributed by atoms with Crippen LogP contribution in [0.1, 0.15) is 22.5 Å². The summed E-state index contributed by atoms with van der Waals surface area (Å²) in [5.74, 6) is 0.568. The SMILES string of the molecule is Cc1ccc(-c2cncc(-c3ccccn3)c2C)cc1C(=N)c1nc2ccccc2[nH]1. The number of nitrogens with zero attached hydrogens (tertiary/aromatic N) is 3. The molecule has 0 saturated heterocycles. The summed E-state index contributed by atoms with van der Waals surface area (Å²) in [6.07, 6.45) is 5.52. The molecule has 0 fully saturated rings. The van der Waals surface area contributed by atoms with E-state index >= 15 is 0 Å². The molecule has 0 aliphatic carbocycles. The molecule has 0 bridgehead atoms. The highest BCUT2D eigenvalue weighted by atomic mass is 14.9. The van der Waals surface area contributed by atoms with Crippen LogP contribution in [0.3, 0.4) is 0 Å². The molecule has 2 aromatic carbocycles. The summed E-state index contributed by atoms with van der Waals surface area (Å²) < 4.78 is 0. The highest BCUT2D eigenvalue weighted by Crippen LogP contribution is 2.31. The van der Waals surface area contributed by atoms with E-state index in [9.17, 15) is 0 Å². The Balaban J connectivity index is 1.58. The van der Waals surface area contributed by atoms with E-state index in [1.807, 2.05) is 61.8 Å². The Hall–Kier alpha value is -4.12. The Kier molecular flexibility index (Phi) is 4.64. The van der Waals surface area contributed by atoms with Gasteiger partial charge in [0.05, 0.1) is 16.7 Å². The first-order valence-corrected chi connectivity index (χ1v) is 10.1. The van der Waals surface area contributed by atoms with Gasteiger partial charge in [0.25, 0.3) is 0 Å². The number of H-pyrrole nitrogens is 1. The minimum Gasteiger partial charge on any atom is -0.337 e. The zero-order chi connectivity index (χ0) is 21.4. The number of pyridine rings is 2. The van der Waals surface area contributed by atoms with Gasteiger partial charge in [0.15, 0.2) is 5.82 Å². The smallest absolute Gasteiger partial charge is 0.157 e. The molecule has 3 aromatic heterocycles. The van der Waals surface area contributed by atoms with Crippen molar-refractivity contribution >= 4 is 16.7 Å². The van der Waals surface area contributed by atoms with Gasteiger partial charge in [0.2, 0.25) is 0 Å². The first-order chi connectivity index (χ1) is 15.1. The number of fused-ring (bicyclic) bond motifs is 1. The maximum Gasteiger partial charge on any atom is 0.157 e. The number of aromatic nitrogens is 4. The number of imidazole rings is 1. The molecule has 5 aromatic rings. The van der Waals surface area contributed by atoms with E-state index in [1.165, 1.54) is 0 Å². The first kappa shape index (κ1) is 18.9. The summed E-state index contributed by atoms with van der Waals surface area (Å²) in [4.78, 5) is 16.8. The number of nitrogens with one attached hydrogen (secondary N) is 2. The van der Waals surface area contributed by atoms with Crippen LogP contribution in [0.5, 0.6) is 0 Å². The van der Waals surface area contributed by atoms with E-state index < -0.39 is 0 Å². The quantitative estimate of drug-likeness (QED) is 0.377. The van der Waals surface area contributed by atoms with Gasteiger partial charge in [-0.3, -0.25) is 15.4 Å². The van der Waals surface area contributed by atoms with Crippen molar-refractivity contribution in [2.24, 2.45) is 0 Å². The fourth-order valence-electron chi connectivity index (χ4n) is 3.85. The molecule has 0 radical (unpaired) electrons. The Morgan fingerprint density at radius 2 is 1.71 bits per heavy atom. The molecule has 0 amide bonds. The standard InChI is InChI=1S/C26H21N5/c1-16-10-11-18(20-14-28-15-21(17(20)2)22-7-5-6-12-29-22)13-19(16)25(27)26-30-23-8-3-4-9-24(23)31-26/h3-15,27H,1-2H3,(H,30,31). The second-order valence-corrected chi connectivity index (χ2v) is 7.58. The molecule has 31 heavy (non-hydrogen) atoms. The maximum atomic E-state index is 8.81. The van der Waals surface area contributed by atoms with Crippen LogP contribution in [0, 0.1) is 19.3 Å². The molecule has 3 heterocycles. The molecule has 0 saturated carbocycles. The van der Waals surface area contributed by atoms with Crippen molar-refractivity contribution in [2.45, 2.75) is 13.8 Å². The third-order valence-electron chi connectivity index (χ3n) is 5.60. The van der Waals surface area contributed by atoms with Crippen LogP contribution < -0.4 is 0 Å². The van der Waals surface area contributed by atoms with Crippen molar-refractivity contribution in [1.82, 2.24) is 19.9 Å². The van der Waals surface area contributed by atoms with E-state index in [1.54, 1.807) is 6.20 Å². The van der Waals surface area contributed by atoms with Crippen LogP contribution in [-0.4, -0.2) is 25.6 Å². The molecular formula is C26H21N5. The van der Waals surface area contributed by atoms with E-state index in [4.69, 9.17) is 5.41 Å². The molecule has 2 N–H and O–H groups in total. The van der Waals surface area contributed by atoms with Crippen molar-refractivity contribution < 1.29 is 0 Å². The lowest BCUT2D eigenvalue weighted by molar-refractivity contribution is 1.24. The minimum atomic E-state index is 0.377. The number of aromatic amines is 1. The number of benzene rings is 2. The fraction of sp³-hybridized carbons (Fsp3) is 0.0769. The van der Waals surface area contributed by atoms with Gasteiger partial charge in [0, 0.05) is 35.3 Å². The Morgan fingerprint density at radius 1 is 0.903 bits per heavy atom. The van der Waals surface area contributed by atoms with E-state index in [0.717, 1.165) is 50.1 Å². The van der Waals surface area contributed by atoms with Crippen LogP contribution in [0.4, 0.5) is 0 Å². The van der Waals surface area contributed by atoms with Gasteiger partial charge < -0.3 is 4.98 Å². The summed E-state index contributed by atoms with van der Waals surface area (Å²) in [6.45, 7) is 4.11. The number of aryl methyl sites for hydroxylation is 1. The largest absolute Gasteiger partial charge is 0.337 e. The van der Waals surface area contributed by atoms with Gasteiger partial charge in [0.1, 0.15) is 5.71 Å². The van der Waals surface area contributed by atoms with Crippen molar-refractivity contribution in [2.75, 3.05) is 0 Å². The van der Waals surface area contributed by atoms with Gasteiger partial charge in [-0.05, 0) is 60.9 Å². The summed E-state index contributed by atoms with van der Waals surface area (Å²) in [5.41, 5.74) is 9.11. The third kappa shape index (κ3) is 3.40. The van der Waals surface area contributed by atoms with Gasteiger partial charge >= 0.3 is 0 Å². The molecule has 0 aliphatic rings. The number of hydrogen-bond acceptors (Lipinski definition) is 4. The Bertz CT molecular complexity index is 1380. The Morgan fingerprint density at radius 3 is 2.52 bits per heavy atom. The van der Waals surface area contributed by atoms with Crippen LogP contribution in [0.2, 0.25) is 0 Å². The molecule has 5 heteroatoms. The lowest BCUT2D eigenvalue weighted by Crippen LogP contribution is -2.06. The fourth-order valence-corrected chi connectivity index (χ4v) is 3.85. The molecule has 0 unspecified atom stereocenters. The molecule has 0 aliphatic heterocycles. The topological polar surface area (TPSA) is 78.3 Å². The van der Waals surface area contributed by atoms with Gasteiger partial charge in [-0.25, -0.2) is 4.98 Å². The highest BCUT2D eigenvalue weighted by Gasteiger charge is 2.15. The summed E-state index contributed by atoms with van der Waals surface area (Å²) in [5, 5.41) is 8.81. The predicted molar refractivity (Wildman–Crippen MR) is 124 cm³/mol.